The first kappa shape index (κ1) is 13.5. The Morgan fingerprint density at radius 3 is 2.37 bits per heavy atom. The second-order valence-electron chi connectivity index (χ2n) is 5.10. The Morgan fingerprint density at radius 1 is 1.11 bits per heavy atom. The van der Waals surface area contributed by atoms with Gasteiger partial charge in [0.1, 0.15) is 0 Å². The number of aromatic nitrogens is 2. The Labute approximate surface area is 114 Å². The lowest BCUT2D eigenvalue weighted by Crippen LogP contribution is -2.06. The van der Waals surface area contributed by atoms with E-state index in [-0.39, 0.29) is 5.78 Å². The van der Waals surface area contributed by atoms with E-state index in [0.717, 1.165) is 34.4 Å². The van der Waals surface area contributed by atoms with Gasteiger partial charge in [0.15, 0.2) is 5.78 Å². The quantitative estimate of drug-likeness (QED) is 0.791. The summed E-state index contributed by atoms with van der Waals surface area (Å²) in [4.78, 5) is 12.7. The van der Waals surface area contributed by atoms with Gasteiger partial charge in [-0.2, -0.15) is 5.10 Å². The van der Waals surface area contributed by atoms with Gasteiger partial charge in [0.25, 0.3) is 0 Å². The molecule has 0 aliphatic rings. The number of carbonyl (C=O) groups is 1. The van der Waals surface area contributed by atoms with Crippen LogP contribution in [-0.4, -0.2) is 15.6 Å². The number of rotatable bonds is 3. The van der Waals surface area contributed by atoms with Crippen molar-refractivity contribution in [2.24, 2.45) is 7.05 Å². The summed E-state index contributed by atoms with van der Waals surface area (Å²) < 4.78 is 1.71. The monoisotopic (exact) mass is 256 g/mol. The van der Waals surface area contributed by atoms with Gasteiger partial charge >= 0.3 is 0 Å². The molecule has 1 aromatic heterocycles. The maximum atomic E-state index is 12.7. The first-order valence-corrected chi connectivity index (χ1v) is 6.59. The molecular formula is C16H20N2O. The zero-order chi connectivity index (χ0) is 14.2. The number of benzene rings is 1. The zero-order valence-electron chi connectivity index (χ0n) is 12.2. The van der Waals surface area contributed by atoms with Crippen molar-refractivity contribution in [3.63, 3.8) is 0 Å². The molecule has 0 fully saturated rings. The van der Waals surface area contributed by atoms with E-state index in [2.05, 4.69) is 18.1 Å². The van der Waals surface area contributed by atoms with E-state index in [9.17, 15) is 4.79 Å². The van der Waals surface area contributed by atoms with Gasteiger partial charge in [0.2, 0.25) is 0 Å². The van der Waals surface area contributed by atoms with Crippen LogP contribution in [0.3, 0.4) is 0 Å². The average Bonchev–Trinajstić information content (AvgIpc) is 2.74. The summed E-state index contributed by atoms with van der Waals surface area (Å²) in [7, 11) is 1.85. The second-order valence-corrected chi connectivity index (χ2v) is 5.10. The van der Waals surface area contributed by atoms with Crippen LogP contribution in [0.25, 0.3) is 0 Å². The van der Waals surface area contributed by atoms with Gasteiger partial charge in [-0.05, 0) is 49.9 Å². The van der Waals surface area contributed by atoms with Crippen LogP contribution in [0.2, 0.25) is 0 Å². The van der Waals surface area contributed by atoms with Crippen molar-refractivity contribution < 1.29 is 4.79 Å². The number of ketones is 1. The fourth-order valence-electron chi connectivity index (χ4n) is 2.34. The third kappa shape index (κ3) is 2.46. The maximum absolute atomic E-state index is 12.7. The molecule has 0 unspecified atom stereocenters. The normalized spacial score (nSPS) is 10.8. The largest absolute Gasteiger partial charge is 0.288 e. The summed E-state index contributed by atoms with van der Waals surface area (Å²) in [5, 5.41) is 4.34. The molecule has 0 bridgehead atoms. The number of hydrogen-bond donors (Lipinski definition) is 0. The Bertz CT molecular complexity index is 638. The molecule has 0 aliphatic carbocycles. The van der Waals surface area contributed by atoms with E-state index in [1.54, 1.807) is 4.68 Å². The van der Waals surface area contributed by atoms with Gasteiger partial charge in [-0.25, -0.2) is 0 Å². The fraction of sp³-hybridized carbons (Fsp3) is 0.375. The summed E-state index contributed by atoms with van der Waals surface area (Å²) in [5.41, 5.74) is 5.76. The summed E-state index contributed by atoms with van der Waals surface area (Å²) in [6.07, 6.45) is 2.58. The van der Waals surface area contributed by atoms with Crippen molar-refractivity contribution in [1.82, 2.24) is 9.78 Å². The average molecular weight is 256 g/mol. The van der Waals surface area contributed by atoms with E-state index in [1.807, 2.05) is 40.1 Å². The Morgan fingerprint density at radius 2 is 1.74 bits per heavy atom. The standard InChI is InChI=1S/C16H20N2O/c1-6-15-14(9-18(5)17-15)16(19)13-8-11(3)10(2)7-12(13)4/h7-9H,6H2,1-5H3. The van der Waals surface area contributed by atoms with Gasteiger partial charge in [-0.1, -0.05) is 13.0 Å². The molecule has 100 valence electrons. The molecule has 1 aromatic carbocycles. The Kier molecular flexibility index (Phi) is 3.56. The van der Waals surface area contributed by atoms with Crippen molar-refractivity contribution >= 4 is 5.78 Å². The van der Waals surface area contributed by atoms with Crippen molar-refractivity contribution in [2.75, 3.05) is 0 Å². The molecule has 19 heavy (non-hydrogen) atoms. The van der Waals surface area contributed by atoms with Crippen LogP contribution in [-0.2, 0) is 13.5 Å². The smallest absolute Gasteiger partial charge is 0.196 e. The van der Waals surface area contributed by atoms with E-state index in [0.29, 0.717) is 0 Å². The SMILES string of the molecule is CCc1nn(C)cc1C(=O)c1cc(C)c(C)cc1C. The molecule has 0 saturated carbocycles. The summed E-state index contributed by atoms with van der Waals surface area (Å²) in [5.74, 6) is 0.0746. The van der Waals surface area contributed by atoms with Crippen molar-refractivity contribution in [1.29, 1.82) is 0 Å². The zero-order valence-corrected chi connectivity index (χ0v) is 12.2. The van der Waals surface area contributed by atoms with Gasteiger partial charge < -0.3 is 0 Å². The number of carbonyl (C=O) groups excluding carboxylic acids is 1. The highest BCUT2D eigenvalue weighted by Crippen LogP contribution is 2.20. The van der Waals surface area contributed by atoms with Crippen LogP contribution in [0.15, 0.2) is 18.3 Å². The molecule has 0 atom stereocenters. The minimum absolute atomic E-state index is 0.0746. The first-order chi connectivity index (χ1) is 8.93. The van der Waals surface area contributed by atoms with Crippen LogP contribution >= 0.6 is 0 Å². The van der Waals surface area contributed by atoms with Gasteiger partial charge in [0.05, 0.1) is 11.3 Å². The summed E-state index contributed by atoms with van der Waals surface area (Å²) in [6.45, 7) is 8.11. The highest BCUT2D eigenvalue weighted by molar-refractivity contribution is 6.10. The van der Waals surface area contributed by atoms with Crippen LogP contribution in [0.1, 0.15) is 45.2 Å². The van der Waals surface area contributed by atoms with E-state index in [4.69, 9.17) is 0 Å². The molecule has 0 amide bonds. The third-order valence-electron chi connectivity index (χ3n) is 3.57. The van der Waals surface area contributed by atoms with Gasteiger partial charge in [0, 0.05) is 18.8 Å². The lowest BCUT2D eigenvalue weighted by molar-refractivity contribution is 0.103. The number of nitrogens with zero attached hydrogens (tertiary/aromatic N) is 2. The van der Waals surface area contributed by atoms with Crippen molar-refractivity contribution in [3.8, 4) is 0 Å². The van der Waals surface area contributed by atoms with Crippen LogP contribution in [0.5, 0.6) is 0 Å². The van der Waals surface area contributed by atoms with Crippen molar-refractivity contribution in [3.05, 3.63) is 51.8 Å². The third-order valence-corrected chi connectivity index (χ3v) is 3.57. The van der Waals surface area contributed by atoms with Crippen LogP contribution in [0, 0.1) is 20.8 Å². The minimum atomic E-state index is 0.0746. The first-order valence-electron chi connectivity index (χ1n) is 6.59. The topological polar surface area (TPSA) is 34.9 Å². The molecule has 2 aromatic rings. The lowest BCUT2D eigenvalue weighted by Gasteiger charge is -2.08. The summed E-state index contributed by atoms with van der Waals surface area (Å²) >= 11 is 0. The van der Waals surface area contributed by atoms with E-state index < -0.39 is 0 Å². The number of aryl methyl sites for hydroxylation is 5. The molecule has 0 radical (unpaired) electrons. The van der Waals surface area contributed by atoms with Crippen LogP contribution < -0.4 is 0 Å². The molecule has 0 aliphatic heterocycles. The molecule has 3 heteroatoms. The summed E-state index contributed by atoms with van der Waals surface area (Å²) in [6, 6.07) is 4.06. The molecule has 2 rings (SSSR count). The Balaban J connectivity index is 2.52. The molecule has 0 spiro atoms. The molecule has 0 N–H and O–H groups in total. The fourth-order valence-corrected chi connectivity index (χ4v) is 2.34. The highest BCUT2D eigenvalue weighted by atomic mass is 16.1. The minimum Gasteiger partial charge on any atom is -0.288 e. The highest BCUT2D eigenvalue weighted by Gasteiger charge is 2.18. The van der Waals surface area contributed by atoms with Gasteiger partial charge in [-0.15, -0.1) is 0 Å². The predicted octanol–water partition coefficient (Wildman–Crippen LogP) is 3.14. The Hall–Kier alpha value is -1.90. The number of hydrogen-bond acceptors (Lipinski definition) is 2. The molecular weight excluding hydrogens is 236 g/mol. The maximum Gasteiger partial charge on any atom is 0.196 e. The predicted molar refractivity (Wildman–Crippen MR) is 76.7 cm³/mol. The second kappa shape index (κ2) is 5.00. The molecule has 0 saturated heterocycles. The van der Waals surface area contributed by atoms with Crippen LogP contribution in [0.4, 0.5) is 0 Å². The molecule has 1 heterocycles. The molecule has 3 nitrogen and oxygen atoms in total. The van der Waals surface area contributed by atoms with E-state index in [1.165, 1.54) is 5.56 Å². The lowest BCUT2D eigenvalue weighted by atomic mass is 9.94. The van der Waals surface area contributed by atoms with Crippen molar-refractivity contribution in [2.45, 2.75) is 34.1 Å². The van der Waals surface area contributed by atoms with Gasteiger partial charge in [-0.3, -0.25) is 9.48 Å². The van der Waals surface area contributed by atoms with E-state index >= 15 is 0 Å².